The van der Waals surface area contributed by atoms with Gasteiger partial charge in [-0.2, -0.15) is 0 Å². The fourth-order valence-corrected chi connectivity index (χ4v) is 2.86. The summed E-state index contributed by atoms with van der Waals surface area (Å²) in [5, 5.41) is 0. The fourth-order valence-electron chi connectivity index (χ4n) is 2.86. The molecule has 4 heteroatoms. The van der Waals surface area contributed by atoms with E-state index in [1.54, 1.807) is 7.05 Å². The first-order chi connectivity index (χ1) is 13.2. The molecule has 0 heterocycles. The molecular formula is C23H21NO3. The molecule has 3 rings (SSSR count). The van der Waals surface area contributed by atoms with E-state index in [0.717, 1.165) is 16.8 Å². The highest BCUT2D eigenvalue weighted by atomic mass is 16.5. The Kier molecular flexibility index (Phi) is 6.00. The first-order valence-electron chi connectivity index (χ1n) is 8.75. The van der Waals surface area contributed by atoms with Gasteiger partial charge in [-0.15, -0.1) is 0 Å². The number of hydrogen-bond donors (Lipinski definition) is 0. The lowest BCUT2D eigenvalue weighted by Crippen LogP contribution is -2.32. The van der Waals surface area contributed by atoms with Crippen molar-refractivity contribution in [3.8, 4) is 0 Å². The number of carbonyl (C=O) groups is 2. The predicted octanol–water partition coefficient (Wildman–Crippen LogP) is 4.02. The average molecular weight is 359 g/mol. The van der Waals surface area contributed by atoms with Crippen LogP contribution in [0.1, 0.15) is 17.0 Å². The van der Waals surface area contributed by atoms with Gasteiger partial charge in [0.1, 0.15) is 5.92 Å². The zero-order chi connectivity index (χ0) is 19.1. The normalized spacial score (nSPS) is 10.4. The van der Waals surface area contributed by atoms with Crippen molar-refractivity contribution in [1.29, 1.82) is 0 Å². The second kappa shape index (κ2) is 8.81. The molecule has 0 saturated carbocycles. The number of benzene rings is 3. The Hall–Kier alpha value is -3.40. The maximum absolute atomic E-state index is 12.8. The Morgan fingerprint density at radius 1 is 0.778 bits per heavy atom. The average Bonchev–Trinajstić information content (AvgIpc) is 2.74. The third-order valence-corrected chi connectivity index (χ3v) is 4.36. The Balaban J connectivity index is 1.73. The van der Waals surface area contributed by atoms with Gasteiger partial charge in [-0.05, 0) is 23.3 Å². The Labute approximate surface area is 159 Å². The molecule has 0 saturated heterocycles. The van der Waals surface area contributed by atoms with Gasteiger partial charge in [-0.3, -0.25) is 9.59 Å². The second-order valence-corrected chi connectivity index (χ2v) is 6.15. The van der Waals surface area contributed by atoms with E-state index >= 15 is 0 Å². The van der Waals surface area contributed by atoms with Crippen LogP contribution in [0.4, 0.5) is 5.69 Å². The van der Waals surface area contributed by atoms with E-state index in [0.29, 0.717) is 0 Å². The number of para-hydroxylation sites is 1. The maximum Gasteiger partial charge on any atom is 0.318 e. The zero-order valence-electron chi connectivity index (χ0n) is 15.1. The molecule has 136 valence electrons. The minimum Gasteiger partial charge on any atom is -0.455 e. The SMILES string of the molecule is CN(C(=O)COC(=O)C(c1ccccc1)c1ccccc1)c1ccccc1. The third kappa shape index (κ3) is 4.61. The van der Waals surface area contributed by atoms with Crippen LogP contribution in [0.3, 0.4) is 0 Å². The van der Waals surface area contributed by atoms with Crippen LogP contribution >= 0.6 is 0 Å². The van der Waals surface area contributed by atoms with Crippen molar-refractivity contribution in [1.82, 2.24) is 0 Å². The molecular weight excluding hydrogens is 338 g/mol. The number of hydrogen-bond acceptors (Lipinski definition) is 3. The minimum absolute atomic E-state index is 0.283. The van der Waals surface area contributed by atoms with Gasteiger partial charge in [-0.1, -0.05) is 78.9 Å². The zero-order valence-corrected chi connectivity index (χ0v) is 15.1. The topological polar surface area (TPSA) is 46.6 Å². The van der Waals surface area contributed by atoms with Gasteiger partial charge in [0.15, 0.2) is 6.61 Å². The van der Waals surface area contributed by atoms with Crippen LogP contribution < -0.4 is 4.90 Å². The molecule has 1 amide bonds. The van der Waals surface area contributed by atoms with Crippen LogP contribution in [0.5, 0.6) is 0 Å². The van der Waals surface area contributed by atoms with E-state index in [2.05, 4.69) is 0 Å². The minimum atomic E-state index is -0.567. The highest BCUT2D eigenvalue weighted by molar-refractivity contribution is 5.95. The van der Waals surface area contributed by atoms with E-state index in [4.69, 9.17) is 4.74 Å². The lowest BCUT2D eigenvalue weighted by atomic mass is 9.91. The Morgan fingerprint density at radius 2 is 1.22 bits per heavy atom. The summed E-state index contributed by atoms with van der Waals surface area (Å²) in [6.07, 6.45) is 0. The number of likely N-dealkylation sites (N-methyl/N-ethyl adjacent to an activating group) is 1. The summed E-state index contributed by atoms with van der Waals surface area (Å²) in [7, 11) is 1.66. The molecule has 0 atom stereocenters. The number of nitrogens with zero attached hydrogens (tertiary/aromatic N) is 1. The molecule has 0 aromatic heterocycles. The molecule has 0 N–H and O–H groups in total. The molecule has 0 aliphatic rings. The number of ether oxygens (including phenoxy) is 1. The van der Waals surface area contributed by atoms with Gasteiger partial charge in [0.25, 0.3) is 5.91 Å². The van der Waals surface area contributed by atoms with Crippen LogP contribution in [0.25, 0.3) is 0 Å². The largest absolute Gasteiger partial charge is 0.455 e. The smallest absolute Gasteiger partial charge is 0.318 e. The highest BCUT2D eigenvalue weighted by Crippen LogP contribution is 2.26. The summed E-state index contributed by atoms with van der Waals surface area (Å²) >= 11 is 0. The second-order valence-electron chi connectivity index (χ2n) is 6.15. The van der Waals surface area contributed by atoms with E-state index in [1.807, 2.05) is 91.0 Å². The molecule has 0 aliphatic heterocycles. The third-order valence-electron chi connectivity index (χ3n) is 4.36. The number of anilines is 1. The summed E-state index contributed by atoms with van der Waals surface area (Å²) < 4.78 is 5.39. The summed E-state index contributed by atoms with van der Waals surface area (Å²) in [4.78, 5) is 26.7. The molecule has 3 aromatic carbocycles. The molecule has 0 unspecified atom stereocenters. The van der Waals surface area contributed by atoms with E-state index in [-0.39, 0.29) is 12.5 Å². The van der Waals surface area contributed by atoms with Gasteiger partial charge >= 0.3 is 5.97 Å². The van der Waals surface area contributed by atoms with Crippen LogP contribution in [0.2, 0.25) is 0 Å². The van der Waals surface area contributed by atoms with Crippen LogP contribution in [0, 0.1) is 0 Å². The molecule has 0 fully saturated rings. The standard InChI is InChI=1S/C23H21NO3/c1-24(20-15-9-4-10-16-20)21(25)17-27-23(26)22(18-11-5-2-6-12-18)19-13-7-3-8-14-19/h2-16,22H,17H2,1H3. The summed E-state index contributed by atoms with van der Waals surface area (Å²) in [6.45, 7) is -0.305. The molecule has 0 bridgehead atoms. The van der Waals surface area contributed by atoms with Crippen molar-refractivity contribution in [2.24, 2.45) is 0 Å². The summed E-state index contributed by atoms with van der Waals surface area (Å²) in [6, 6.07) is 28.1. The summed E-state index contributed by atoms with van der Waals surface area (Å²) in [5.41, 5.74) is 2.41. The van der Waals surface area contributed by atoms with E-state index in [9.17, 15) is 9.59 Å². The number of esters is 1. The molecule has 0 aliphatic carbocycles. The first kappa shape index (κ1) is 18.4. The fraction of sp³-hybridized carbons (Fsp3) is 0.130. The molecule has 27 heavy (non-hydrogen) atoms. The van der Waals surface area contributed by atoms with Crippen LogP contribution in [-0.4, -0.2) is 25.5 Å². The van der Waals surface area contributed by atoms with Crippen LogP contribution in [-0.2, 0) is 14.3 Å². The van der Waals surface area contributed by atoms with Crippen LogP contribution in [0.15, 0.2) is 91.0 Å². The van der Waals surface area contributed by atoms with Crippen molar-refractivity contribution < 1.29 is 14.3 Å². The van der Waals surface area contributed by atoms with Gasteiger partial charge < -0.3 is 9.64 Å². The number of carbonyl (C=O) groups excluding carboxylic acids is 2. The summed E-state index contributed by atoms with van der Waals surface area (Å²) in [5.74, 6) is -1.29. The molecule has 0 spiro atoms. The Bertz CT molecular complexity index is 840. The number of rotatable bonds is 6. The molecule has 3 aromatic rings. The Morgan fingerprint density at radius 3 is 1.70 bits per heavy atom. The van der Waals surface area contributed by atoms with Crippen molar-refractivity contribution in [3.63, 3.8) is 0 Å². The monoisotopic (exact) mass is 359 g/mol. The predicted molar refractivity (Wildman–Crippen MR) is 106 cm³/mol. The van der Waals surface area contributed by atoms with Gasteiger partial charge in [0, 0.05) is 12.7 Å². The number of amides is 1. The molecule has 4 nitrogen and oxygen atoms in total. The van der Waals surface area contributed by atoms with Crippen molar-refractivity contribution in [2.75, 3.05) is 18.6 Å². The quantitative estimate of drug-likeness (QED) is 0.625. The van der Waals surface area contributed by atoms with Crippen molar-refractivity contribution in [3.05, 3.63) is 102 Å². The van der Waals surface area contributed by atoms with Crippen molar-refractivity contribution >= 4 is 17.6 Å². The van der Waals surface area contributed by atoms with Crippen molar-refractivity contribution in [2.45, 2.75) is 5.92 Å². The van der Waals surface area contributed by atoms with Gasteiger partial charge in [0.2, 0.25) is 0 Å². The lowest BCUT2D eigenvalue weighted by Gasteiger charge is -2.20. The lowest BCUT2D eigenvalue weighted by molar-refractivity contribution is -0.148. The van der Waals surface area contributed by atoms with E-state index < -0.39 is 11.9 Å². The van der Waals surface area contributed by atoms with E-state index in [1.165, 1.54) is 4.90 Å². The first-order valence-corrected chi connectivity index (χ1v) is 8.75. The maximum atomic E-state index is 12.8. The van der Waals surface area contributed by atoms with Gasteiger partial charge in [-0.25, -0.2) is 0 Å². The molecule has 0 radical (unpaired) electrons. The van der Waals surface area contributed by atoms with Gasteiger partial charge in [0.05, 0.1) is 0 Å². The highest BCUT2D eigenvalue weighted by Gasteiger charge is 2.25.